The van der Waals surface area contributed by atoms with E-state index < -0.39 is 11.9 Å². The molecule has 0 saturated carbocycles. The predicted octanol–water partition coefficient (Wildman–Crippen LogP) is 7.23. The summed E-state index contributed by atoms with van der Waals surface area (Å²) in [6, 6.07) is 16.9. The number of benzene rings is 3. The van der Waals surface area contributed by atoms with Gasteiger partial charge in [0.2, 0.25) is 0 Å². The van der Waals surface area contributed by atoms with Gasteiger partial charge in [0.1, 0.15) is 17.2 Å². The summed E-state index contributed by atoms with van der Waals surface area (Å²) in [6.45, 7) is 2.62. The molecular formula is C35H42N2O7. The number of carboxylic acid groups (broad SMARTS) is 1. The van der Waals surface area contributed by atoms with Crippen LogP contribution in [0.25, 0.3) is 6.08 Å². The number of ether oxygens (including phenoxy) is 3. The van der Waals surface area contributed by atoms with E-state index >= 15 is 0 Å². The monoisotopic (exact) mass is 602 g/mol. The number of carbonyl (C=O) groups is 3. The second-order valence-corrected chi connectivity index (χ2v) is 10.5. The van der Waals surface area contributed by atoms with Gasteiger partial charge in [0.25, 0.3) is 0 Å². The maximum Gasteiger partial charge on any atom is 0.336 e. The molecule has 0 amide bonds. The number of carboxylic acids is 1. The van der Waals surface area contributed by atoms with Crippen molar-refractivity contribution in [2.75, 3.05) is 18.1 Å². The first-order valence-corrected chi connectivity index (χ1v) is 15.1. The molecule has 0 aromatic heterocycles. The number of hydrogen-bond donors (Lipinski definition) is 3. The van der Waals surface area contributed by atoms with Gasteiger partial charge in [-0.2, -0.15) is 0 Å². The third kappa shape index (κ3) is 11.8. The molecule has 0 radical (unpaired) electrons. The maximum absolute atomic E-state index is 12.2. The standard InChI is InChI=1S/C35H42N2O7/c1-2-3-11-33(38)43-28-17-19-29(20-18-28)44-34(39)21-14-25-12-15-27(16-13-25)42-22-9-7-5-4-6-8-10-30-31(35(40)41)23-26(36)24-32(30)37/h12-21,23-24H,2-11,22,36-37H2,1H3,(H,40,41)/b21-14+. The highest BCUT2D eigenvalue weighted by molar-refractivity contribution is 5.92. The summed E-state index contributed by atoms with van der Waals surface area (Å²) in [6.07, 6.45) is 11.7. The molecule has 9 heteroatoms. The van der Waals surface area contributed by atoms with E-state index in [2.05, 4.69) is 0 Å². The van der Waals surface area contributed by atoms with Crippen LogP contribution < -0.4 is 25.7 Å². The van der Waals surface area contributed by atoms with Crippen molar-refractivity contribution in [1.82, 2.24) is 0 Å². The molecule has 3 rings (SSSR count). The molecule has 0 atom stereocenters. The molecule has 0 aliphatic heterocycles. The number of nitrogens with two attached hydrogens (primary N) is 2. The number of esters is 2. The molecule has 44 heavy (non-hydrogen) atoms. The summed E-state index contributed by atoms with van der Waals surface area (Å²) in [5, 5.41) is 9.41. The average Bonchev–Trinajstić information content (AvgIpc) is 3.00. The lowest BCUT2D eigenvalue weighted by Crippen LogP contribution is -2.07. The molecule has 0 fully saturated rings. The van der Waals surface area contributed by atoms with E-state index in [0.717, 1.165) is 62.7 Å². The minimum atomic E-state index is -1.01. The maximum atomic E-state index is 12.2. The molecule has 5 N–H and O–H groups in total. The highest BCUT2D eigenvalue weighted by atomic mass is 16.5. The van der Waals surface area contributed by atoms with Gasteiger partial charge in [0.15, 0.2) is 0 Å². The van der Waals surface area contributed by atoms with Crippen LogP contribution in [0.1, 0.15) is 86.2 Å². The fourth-order valence-electron chi connectivity index (χ4n) is 4.56. The lowest BCUT2D eigenvalue weighted by Gasteiger charge is -2.11. The van der Waals surface area contributed by atoms with Crippen molar-refractivity contribution in [3.63, 3.8) is 0 Å². The number of unbranched alkanes of at least 4 members (excludes halogenated alkanes) is 6. The molecule has 0 aliphatic rings. The summed E-state index contributed by atoms with van der Waals surface area (Å²) in [5.41, 5.74) is 14.2. The zero-order valence-corrected chi connectivity index (χ0v) is 25.3. The molecule has 234 valence electrons. The van der Waals surface area contributed by atoms with Crippen LogP contribution in [0, 0.1) is 0 Å². The number of hydrogen-bond acceptors (Lipinski definition) is 8. The van der Waals surface area contributed by atoms with Gasteiger partial charge in [0, 0.05) is 23.9 Å². The van der Waals surface area contributed by atoms with E-state index in [1.165, 1.54) is 12.1 Å². The Labute approximate surface area is 258 Å². The summed E-state index contributed by atoms with van der Waals surface area (Å²) < 4.78 is 16.4. The van der Waals surface area contributed by atoms with E-state index in [-0.39, 0.29) is 11.5 Å². The third-order valence-electron chi connectivity index (χ3n) is 6.93. The van der Waals surface area contributed by atoms with E-state index in [0.29, 0.717) is 47.9 Å². The molecule has 0 bridgehead atoms. The molecule has 0 heterocycles. The fraction of sp³-hybridized carbons (Fsp3) is 0.343. The average molecular weight is 603 g/mol. The fourth-order valence-corrected chi connectivity index (χ4v) is 4.56. The normalized spacial score (nSPS) is 10.9. The Hall–Kier alpha value is -4.79. The molecule has 0 saturated heterocycles. The Morgan fingerprint density at radius 2 is 1.39 bits per heavy atom. The Balaban J connectivity index is 1.28. The van der Waals surface area contributed by atoms with Gasteiger partial charge < -0.3 is 30.8 Å². The third-order valence-corrected chi connectivity index (χ3v) is 6.93. The first kappa shape index (κ1) is 33.7. The predicted molar refractivity (Wildman–Crippen MR) is 172 cm³/mol. The Morgan fingerprint density at radius 3 is 2.05 bits per heavy atom. The zero-order valence-electron chi connectivity index (χ0n) is 25.3. The minimum absolute atomic E-state index is 0.188. The molecule has 0 aliphatic carbocycles. The highest BCUT2D eigenvalue weighted by Gasteiger charge is 2.14. The number of rotatable bonds is 18. The summed E-state index contributed by atoms with van der Waals surface area (Å²) in [7, 11) is 0. The molecule has 0 unspecified atom stereocenters. The van der Waals surface area contributed by atoms with Crippen molar-refractivity contribution < 1.29 is 33.7 Å². The number of carbonyl (C=O) groups excluding carboxylic acids is 2. The van der Waals surface area contributed by atoms with Crippen LogP contribution in [0.4, 0.5) is 11.4 Å². The topological polar surface area (TPSA) is 151 Å². The molecule has 3 aromatic carbocycles. The van der Waals surface area contributed by atoms with Crippen molar-refractivity contribution in [2.45, 2.75) is 71.1 Å². The first-order chi connectivity index (χ1) is 21.2. The second-order valence-electron chi connectivity index (χ2n) is 10.5. The van der Waals surface area contributed by atoms with Gasteiger partial charge in [-0.25, -0.2) is 9.59 Å². The number of anilines is 2. The van der Waals surface area contributed by atoms with Crippen LogP contribution in [-0.4, -0.2) is 29.6 Å². The second kappa shape index (κ2) is 18.0. The first-order valence-electron chi connectivity index (χ1n) is 15.1. The summed E-state index contributed by atoms with van der Waals surface area (Å²) >= 11 is 0. The Morgan fingerprint density at radius 1 is 0.773 bits per heavy atom. The van der Waals surface area contributed by atoms with Gasteiger partial charge in [-0.3, -0.25) is 4.79 Å². The summed E-state index contributed by atoms with van der Waals surface area (Å²) in [4.78, 5) is 35.4. The smallest absolute Gasteiger partial charge is 0.336 e. The van der Waals surface area contributed by atoms with Crippen LogP contribution in [-0.2, 0) is 16.0 Å². The highest BCUT2D eigenvalue weighted by Crippen LogP contribution is 2.24. The van der Waals surface area contributed by atoms with Crippen molar-refractivity contribution in [3.8, 4) is 17.2 Å². The van der Waals surface area contributed by atoms with Crippen LogP contribution in [0.5, 0.6) is 17.2 Å². The van der Waals surface area contributed by atoms with Crippen molar-refractivity contribution in [3.05, 3.63) is 83.4 Å². The van der Waals surface area contributed by atoms with E-state index in [1.807, 2.05) is 31.2 Å². The minimum Gasteiger partial charge on any atom is -0.494 e. The van der Waals surface area contributed by atoms with Crippen LogP contribution in [0.15, 0.2) is 66.7 Å². The van der Waals surface area contributed by atoms with E-state index in [4.69, 9.17) is 25.7 Å². The quantitative estimate of drug-likeness (QED) is 0.0450. The van der Waals surface area contributed by atoms with E-state index in [9.17, 15) is 19.5 Å². The Bertz CT molecular complexity index is 1400. The van der Waals surface area contributed by atoms with Crippen LogP contribution >= 0.6 is 0 Å². The molecule has 0 spiro atoms. The van der Waals surface area contributed by atoms with Gasteiger partial charge in [0.05, 0.1) is 12.2 Å². The van der Waals surface area contributed by atoms with Gasteiger partial charge in [-0.15, -0.1) is 0 Å². The number of aromatic carboxylic acids is 1. The lowest BCUT2D eigenvalue weighted by molar-refractivity contribution is -0.134. The molecule has 9 nitrogen and oxygen atoms in total. The summed E-state index contributed by atoms with van der Waals surface area (Å²) in [5.74, 6) is -0.275. The van der Waals surface area contributed by atoms with Crippen LogP contribution in [0.3, 0.4) is 0 Å². The number of nitrogen functional groups attached to an aromatic ring is 2. The Kier molecular flexibility index (Phi) is 13.8. The zero-order chi connectivity index (χ0) is 31.7. The van der Waals surface area contributed by atoms with Crippen LogP contribution in [0.2, 0.25) is 0 Å². The van der Waals surface area contributed by atoms with E-state index in [1.54, 1.807) is 36.4 Å². The van der Waals surface area contributed by atoms with Crippen molar-refractivity contribution >= 4 is 35.4 Å². The van der Waals surface area contributed by atoms with Gasteiger partial charge >= 0.3 is 17.9 Å². The van der Waals surface area contributed by atoms with Crippen molar-refractivity contribution in [1.29, 1.82) is 0 Å². The lowest BCUT2D eigenvalue weighted by atomic mass is 9.98. The molecular weight excluding hydrogens is 560 g/mol. The largest absolute Gasteiger partial charge is 0.494 e. The van der Waals surface area contributed by atoms with Crippen molar-refractivity contribution in [2.24, 2.45) is 0 Å². The van der Waals surface area contributed by atoms with Gasteiger partial charge in [-0.05, 0) is 91.4 Å². The van der Waals surface area contributed by atoms with Gasteiger partial charge in [-0.1, -0.05) is 51.2 Å². The molecule has 3 aromatic rings. The SMILES string of the molecule is CCCCC(=O)Oc1ccc(OC(=O)/C=C/c2ccc(OCCCCCCCCc3c(N)cc(N)cc3C(=O)O)cc2)cc1.